The number of aromatic nitrogens is 4. The van der Waals surface area contributed by atoms with Gasteiger partial charge >= 0.3 is 0 Å². The van der Waals surface area contributed by atoms with Crippen molar-refractivity contribution in [1.82, 2.24) is 19.3 Å². The molecule has 9 nitrogen and oxygen atoms in total. The lowest BCUT2D eigenvalue weighted by Crippen LogP contribution is -2.31. The molecule has 0 bridgehead atoms. The van der Waals surface area contributed by atoms with Crippen molar-refractivity contribution in [2.75, 3.05) is 18.5 Å². The minimum atomic E-state index is -0.425. The number of anilines is 1. The van der Waals surface area contributed by atoms with Gasteiger partial charge in [0, 0.05) is 34.8 Å². The van der Waals surface area contributed by atoms with Crippen molar-refractivity contribution in [2.45, 2.75) is 33.0 Å². The monoisotopic (exact) mass is 477 g/mol. The summed E-state index contributed by atoms with van der Waals surface area (Å²) in [6.45, 7) is 5.82. The van der Waals surface area contributed by atoms with Crippen LogP contribution in [0.5, 0.6) is 11.5 Å². The maximum atomic E-state index is 6.41. The first-order valence-electron chi connectivity index (χ1n) is 11.2. The second-order valence-corrected chi connectivity index (χ2v) is 8.90. The normalized spacial score (nSPS) is 17.1. The Kier molecular flexibility index (Phi) is 4.88. The van der Waals surface area contributed by atoms with Crippen LogP contribution in [0.2, 0.25) is 5.02 Å². The number of hydrogen-bond donors (Lipinski definition) is 2. The van der Waals surface area contributed by atoms with Crippen molar-refractivity contribution >= 4 is 34.5 Å². The largest absolute Gasteiger partial charge is 0.489 e. The molecule has 0 spiro atoms. The van der Waals surface area contributed by atoms with Crippen LogP contribution < -0.4 is 20.5 Å². The van der Waals surface area contributed by atoms with Crippen molar-refractivity contribution in [1.29, 1.82) is 0 Å². The van der Waals surface area contributed by atoms with Gasteiger partial charge in [0.05, 0.1) is 36.5 Å². The number of aliphatic imine (C=N–C) groups is 1. The van der Waals surface area contributed by atoms with Gasteiger partial charge < -0.3 is 15.2 Å². The summed E-state index contributed by atoms with van der Waals surface area (Å²) in [5, 5.41) is 8.63. The van der Waals surface area contributed by atoms with Crippen LogP contribution in [-0.4, -0.2) is 38.5 Å². The van der Waals surface area contributed by atoms with E-state index in [1.54, 1.807) is 0 Å². The van der Waals surface area contributed by atoms with Crippen LogP contribution in [0.1, 0.15) is 35.1 Å². The molecule has 3 N–H and O–H groups in total. The molecular formula is C24H24ClN7O2. The van der Waals surface area contributed by atoms with Crippen LogP contribution in [0, 0.1) is 13.8 Å². The number of halogens is 1. The van der Waals surface area contributed by atoms with E-state index in [0.717, 1.165) is 40.0 Å². The Morgan fingerprint density at radius 2 is 1.91 bits per heavy atom. The van der Waals surface area contributed by atoms with E-state index in [9.17, 15) is 0 Å². The molecule has 0 aliphatic carbocycles. The Labute approximate surface area is 201 Å². The summed E-state index contributed by atoms with van der Waals surface area (Å²) in [6, 6.07) is 11.7. The predicted molar refractivity (Wildman–Crippen MR) is 131 cm³/mol. The molecule has 0 unspecified atom stereocenters. The van der Waals surface area contributed by atoms with Crippen molar-refractivity contribution < 1.29 is 9.47 Å². The van der Waals surface area contributed by atoms with Crippen molar-refractivity contribution in [2.24, 2.45) is 10.7 Å². The molecule has 2 aliphatic heterocycles. The summed E-state index contributed by atoms with van der Waals surface area (Å²) in [7, 11) is 0. The first kappa shape index (κ1) is 20.9. The molecule has 4 heterocycles. The fourth-order valence-corrected chi connectivity index (χ4v) is 4.84. The number of nitrogens with two attached hydrogens (primary N) is 1. The van der Waals surface area contributed by atoms with E-state index in [4.69, 9.17) is 41.9 Å². The Morgan fingerprint density at radius 3 is 2.71 bits per heavy atom. The van der Waals surface area contributed by atoms with Gasteiger partial charge in [0.15, 0.2) is 23.6 Å². The zero-order valence-corrected chi connectivity index (χ0v) is 19.6. The van der Waals surface area contributed by atoms with Gasteiger partial charge in [-0.2, -0.15) is 5.10 Å². The summed E-state index contributed by atoms with van der Waals surface area (Å²) in [5.41, 5.74) is 11.7. The number of imidazole rings is 1. The van der Waals surface area contributed by atoms with E-state index in [1.165, 1.54) is 0 Å². The topological polar surface area (TPSA) is 105 Å². The number of benzene rings is 2. The first-order chi connectivity index (χ1) is 16.5. The number of nitrogens with one attached hydrogen (secondary N) is 1. The number of fused-ring (bicyclic) bond motifs is 4. The fraction of sp³-hybridized carbons (Fsp3) is 0.292. The molecule has 2 aromatic heterocycles. The summed E-state index contributed by atoms with van der Waals surface area (Å²) in [5.74, 6) is 2.33. The minimum Gasteiger partial charge on any atom is -0.489 e. The number of ether oxygens (including phenoxy) is 2. The van der Waals surface area contributed by atoms with Gasteiger partial charge in [0.25, 0.3) is 0 Å². The van der Waals surface area contributed by atoms with Gasteiger partial charge in [-0.1, -0.05) is 29.8 Å². The van der Waals surface area contributed by atoms with Gasteiger partial charge in [-0.3, -0.25) is 14.6 Å². The number of rotatable bonds is 3. The van der Waals surface area contributed by atoms with Gasteiger partial charge in [0.2, 0.25) is 5.95 Å². The lowest BCUT2D eigenvalue weighted by atomic mass is 10.1. The first-order valence-corrected chi connectivity index (χ1v) is 11.6. The highest BCUT2D eigenvalue weighted by molar-refractivity contribution is 6.31. The molecule has 4 aromatic rings. The van der Waals surface area contributed by atoms with E-state index in [2.05, 4.69) is 5.32 Å². The molecular weight excluding hydrogens is 454 g/mol. The SMILES string of the molecule is Cc1nn(Cc2ccccc2Cl)c(C)c1[C@H]1N=C(N)Nc2nc3cc4c(cc3n21)OCCCO4. The highest BCUT2D eigenvalue weighted by Crippen LogP contribution is 2.40. The van der Waals surface area contributed by atoms with Gasteiger partial charge in [-0.25, -0.2) is 9.98 Å². The Hall–Kier alpha value is -3.72. The van der Waals surface area contributed by atoms with Crippen LogP contribution in [0.4, 0.5) is 5.95 Å². The molecule has 0 saturated carbocycles. The molecule has 6 rings (SSSR count). The van der Waals surface area contributed by atoms with Gasteiger partial charge in [-0.05, 0) is 25.5 Å². The van der Waals surface area contributed by atoms with Crippen molar-refractivity contribution in [3.63, 3.8) is 0 Å². The summed E-state index contributed by atoms with van der Waals surface area (Å²) >= 11 is 6.41. The molecule has 1 atom stereocenters. The summed E-state index contributed by atoms with van der Waals surface area (Å²) in [6.07, 6.45) is 0.414. The maximum absolute atomic E-state index is 6.41. The Bertz CT molecular complexity index is 1460. The zero-order chi connectivity index (χ0) is 23.4. The number of aryl methyl sites for hydroxylation is 1. The summed E-state index contributed by atoms with van der Waals surface area (Å²) < 4.78 is 15.8. The van der Waals surface area contributed by atoms with Crippen LogP contribution in [0.3, 0.4) is 0 Å². The van der Waals surface area contributed by atoms with Crippen molar-refractivity contribution in [3.05, 3.63) is 63.9 Å². The molecule has 34 heavy (non-hydrogen) atoms. The average molecular weight is 478 g/mol. The second kappa shape index (κ2) is 7.95. The third kappa shape index (κ3) is 3.35. The quantitative estimate of drug-likeness (QED) is 0.462. The predicted octanol–water partition coefficient (Wildman–Crippen LogP) is 4.00. The Balaban J connectivity index is 1.48. The Morgan fingerprint density at radius 1 is 1.15 bits per heavy atom. The molecule has 0 fully saturated rings. The van der Waals surface area contributed by atoms with Gasteiger partial charge in [0.1, 0.15) is 0 Å². The minimum absolute atomic E-state index is 0.305. The lowest BCUT2D eigenvalue weighted by Gasteiger charge is -2.24. The summed E-state index contributed by atoms with van der Waals surface area (Å²) in [4.78, 5) is 9.54. The van der Waals surface area contributed by atoms with Crippen LogP contribution in [0.25, 0.3) is 11.0 Å². The molecule has 0 amide bonds. The van der Waals surface area contributed by atoms with Crippen molar-refractivity contribution in [3.8, 4) is 11.5 Å². The lowest BCUT2D eigenvalue weighted by molar-refractivity contribution is 0.297. The second-order valence-electron chi connectivity index (χ2n) is 8.49. The molecule has 0 radical (unpaired) electrons. The molecule has 2 aromatic carbocycles. The third-order valence-corrected chi connectivity index (χ3v) is 6.65. The highest BCUT2D eigenvalue weighted by Gasteiger charge is 2.31. The van der Waals surface area contributed by atoms with Crippen LogP contribution in [-0.2, 0) is 6.54 Å². The van der Waals surface area contributed by atoms with E-state index in [0.29, 0.717) is 48.2 Å². The maximum Gasteiger partial charge on any atom is 0.212 e. The van der Waals surface area contributed by atoms with E-state index in [1.807, 2.05) is 59.5 Å². The average Bonchev–Trinajstić information content (AvgIpc) is 3.18. The standard InChI is InChI=1S/C24H24ClN7O2/c1-13-21(14(2)31(30-13)12-15-6-3-4-7-16(15)25)22-28-23(26)29-24-27-17-10-19-20(11-18(17)32(22)24)34-9-5-8-33-19/h3-4,6-7,10-11,22H,5,8-9,12H2,1-2H3,(H3,26,27,28,29)/t22-/m0/s1. The smallest absolute Gasteiger partial charge is 0.212 e. The molecule has 10 heteroatoms. The molecule has 2 aliphatic rings. The number of guanidine groups is 1. The van der Waals surface area contributed by atoms with Gasteiger partial charge in [-0.15, -0.1) is 0 Å². The van der Waals surface area contributed by atoms with Crippen LogP contribution >= 0.6 is 11.6 Å². The molecule has 0 saturated heterocycles. The van der Waals surface area contributed by atoms with E-state index >= 15 is 0 Å². The van der Waals surface area contributed by atoms with E-state index < -0.39 is 6.17 Å². The zero-order valence-electron chi connectivity index (χ0n) is 18.9. The highest BCUT2D eigenvalue weighted by atomic mass is 35.5. The fourth-order valence-electron chi connectivity index (χ4n) is 4.64. The van der Waals surface area contributed by atoms with Crippen LogP contribution in [0.15, 0.2) is 41.4 Å². The third-order valence-electron chi connectivity index (χ3n) is 6.28. The number of hydrogen-bond acceptors (Lipinski definition) is 7. The number of nitrogens with zero attached hydrogens (tertiary/aromatic N) is 5. The molecule has 174 valence electrons. The van der Waals surface area contributed by atoms with E-state index in [-0.39, 0.29) is 0 Å².